The van der Waals surface area contributed by atoms with Crippen molar-refractivity contribution in [2.45, 2.75) is 16.6 Å². The number of quaternary nitrogens is 4. The van der Waals surface area contributed by atoms with E-state index >= 15 is 0 Å². The summed E-state index contributed by atoms with van der Waals surface area (Å²) < 4.78 is 1.72. The van der Waals surface area contributed by atoms with Gasteiger partial charge in [0.2, 0.25) is 3.79 Å². The SMILES string of the molecule is C[N+](C)(C)C.C[N+](C)(C)C.C[N+](C)(C)C.C[N+](C)(C)C.O=C([O-])C(Cl)(Cl)Cl.O=C([O-])CCC(=O)[O-].[Br-]. The average molecular weight is 655 g/mol. The second kappa shape index (κ2) is 23.7. The average Bonchev–Trinajstić information content (AvgIpc) is 2.37. The summed E-state index contributed by atoms with van der Waals surface area (Å²) in [4.78, 5) is 28.5. The predicted molar refractivity (Wildman–Crippen MR) is 140 cm³/mol. The molecule has 10 nitrogen and oxygen atoms in total. The monoisotopic (exact) mass is 652 g/mol. The Morgan fingerprint density at radius 3 is 0.611 bits per heavy atom. The quantitative estimate of drug-likeness (QED) is 0.224. The Hall–Kier alpha value is -0.400. The number of carbonyl (C=O) groups is 3. The van der Waals surface area contributed by atoms with E-state index in [0.717, 1.165) is 17.9 Å². The zero-order valence-corrected chi connectivity index (χ0v) is 29.0. The maximum atomic E-state index is 9.51. The van der Waals surface area contributed by atoms with Crippen molar-refractivity contribution in [1.82, 2.24) is 0 Å². The van der Waals surface area contributed by atoms with Crippen molar-refractivity contribution in [3.8, 4) is 0 Å². The molecule has 0 saturated carbocycles. The lowest BCUT2D eigenvalue weighted by molar-refractivity contribution is -0.849. The fourth-order valence-electron chi connectivity index (χ4n) is 0.204. The number of alkyl halides is 3. The zero-order valence-electron chi connectivity index (χ0n) is 25.2. The molecule has 0 aliphatic carbocycles. The Labute approximate surface area is 246 Å². The third kappa shape index (κ3) is 318. The van der Waals surface area contributed by atoms with Gasteiger partial charge in [0, 0.05) is 11.9 Å². The molecule has 0 heterocycles. The topological polar surface area (TPSA) is 120 Å². The molecule has 0 fully saturated rings. The van der Waals surface area contributed by atoms with Gasteiger partial charge in [0.05, 0.1) is 119 Å². The first kappa shape index (κ1) is 52.1. The Bertz CT molecular complexity index is 479. The molecule has 0 amide bonds. The Morgan fingerprint density at radius 1 is 0.500 bits per heavy atom. The normalized spacial score (nSPS) is 10.8. The predicted octanol–water partition coefficient (Wildman–Crippen LogP) is -4.33. The molecule has 14 heteroatoms. The molecule has 0 saturated heterocycles. The Morgan fingerprint density at radius 2 is 0.583 bits per heavy atom. The molecule has 0 radical (unpaired) electrons. The van der Waals surface area contributed by atoms with E-state index in [-0.39, 0.29) is 17.0 Å². The molecular formula is C22H52BrCl3N4O6. The maximum absolute atomic E-state index is 9.51. The van der Waals surface area contributed by atoms with Crippen LogP contribution in [-0.4, -0.2) is 152 Å². The van der Waals surface area contributed by atoms with E-state index in [1.165, 1.54) is 0 Å². The number of hydrogen-bond donors (Lipinski definition) is 0. The maximum Gasteiger partial charge on any atom is 0.230 e. The molecule has 0 aromatic heterocycles. The third-order valence-corrected chi connectivity index (χ3v) is 1.23. The molecule has 0 spiro atoms. The smallest absolute Gasteiger partial charge is 0.230 e. The number of carboxylic acids is 3. The van der Waals surface area contributed by atoms with Crippen molar-refractivity contribution < 1.29 is 64.6 Å². The first-order chi connectivity index (χ1) is 14.6. The molecule has 0 atom stereocenters. The van der Waals surface area contributed by atoms with Gasteiger partial charge in [-0.2, -0.15) is 0 Å². The fraction of sp³-hybridized carbons (Fsp3) is 0.864. The van der Waals surface area contributed by atoms with Crippen LogP contribution >= 0.6 is 34.8 Å². The summed E-state index contributed by atoms with van der Waals surface area (Å²) >= 11 is 14.2. The van der Waals surface area contributed by atoms with Gasteiger partial charge in [-0.25, -0.2) is 0 Å². The van der Waals surface area contributed by atoms with Gasteiger partial charge in [-0.3, -0.25) is 0 Å². The molecule has 0 bridgehead atoms. The highest BCUT2D eigenvalue weighted by atomic mass is 79.9. The number of carboxylic acid groups (broad SMARTS) is 3. The summed E-state index contributed by atoms with van der Waals surface area (Å²) in [5, 5.41) is 28.5. The van der Waals surface area contributed by atoms with Gasteiger partial charge in [0.1, 0.15) is 0 Å². The molecule has 0 unspecified atom stereocenters. The van der Waals surface area contributed by atoms with Crippen molar-refractivity contribution in [2.75, 3.05) is 113 Å². The number of nitrogens with zero attached hydrogens (tertiary/aromatic N) is 4. The van der Waals surface area contributed by atoms with Crippen LogP contribution in [0.25, 0.3) is 0 Å². The van der Waals surface area contributed by atoms with Crippen molar-refractivity contribution >= 4 is 52.7 Å². The van der Waals surface area contributed by atoms with E-state index in [1.54, 1.807) is 0 Å². The highest BCUT2D eigenvalue weighted by Crippen LogP contribution is 2.24. The lowest BCUT2D eigenvalue weighted by Crippen LogP contribution is -3.00. The number of aliphatic carboxylic acids is 3. The zero-order chi connectivity index (χ0) is 30.6. The standard InChI is InChI=1S/4C4H12N.C4H6O4.C2HCl3O2.BrH/c4*1-5(2,3)4;5-3(6)1-2-4(7)8;3-2(4,5)1(6)7;/h4*1-4H3;1-2H2,(H,5,6)(H,7,8);(H,6,7);1H/q4*+1;;;/p-4. The van der Waals surface area contributed by atoms with E-state index in [0.29, 0.717) is 0 Å². The van der Waals surface area contributed by atoms with Crippen molar-refractivity contribution in [2.24, 2.45) is 0 Å². The highest BCUT2D eigenvalue weighted by molar-refractivity contribution is 6.75. The molecule has 0 aliphatic heterocycles. The molecule has 0 aromatic rings. The largest absolute Gasteiger partial charge is 1.00 e. The van der Waals surface area contributed by atoms with Gasteiger partial charge in [0.15, 0.2) is 0 Å². The summed E-state index contributed by atoms with van der Waals surface area (Å²) in [5.41, 5.74) is 0. The number of hydrogen-bond acceptors (Lipinski definition) is 6. The molecule has 0 N–H and O–H groups in total. The fourth-order valence-corrected chi connectivity index (χ4v) is 0.204. The van der Waals surface area contributed by atoms with Crippen molar-refractivity contribution in [3.63, 3.8) is 0 Å². The van der Waals surface area contributed by atoms with Crippen molar-refractivity contribution in [1.29, 1.82) is 0 Å². The lowest BCUT2D eigenvalue weighted by Gasteiger charge is -2.14. The van der Waals surface area contributed by atoms with Crippen LogP contribution < -0.4 is 32.3 Å². The van der Waals surface area contributed by atoms with Crippen LogP contribution in [0.1, 0.15) is 12.8 Å². The van der Waals surface area contributed by atoms with Gasteiger partial charge in [-0.1, -0.05) is 34.8 Å². The van der Waals surface area contributed by atoms with E-state index < -0.39 is 34.5 Å². The van der Waals surface area contributed by atoms with Crippen LogP contribution in [0.4, 0.5) is 0 Å². The van der Waals surface area contributed by atoms with Gasteiger partial charge < -0.3 is 64.6 Å². The van der Waals surface area contributed by atoms with Crippen LogP contribution in [0.2, 0.25) is 0 Å². The van der Waals surface area contributed by atoms with Crippen LogP contribution in [-0.2, 0) is 14.4 Å². The summed E-state index contributed by atoms with van der Waals surface area (Å²) in [6.07, 6.45) is -0.940. The molecular weight excluding hydrogens is 603 g/mol. The molecule has 36 heavy (non-hydrogen) atoms. The Kier molecular flexibility index (Phi) is 34.3. The summed E-state index contributed by atoms with van der Waals surface area (Å²) in [6, 6.07) is 0. The van der Waals surface area contributed by atoms with Crippen LogP contribution in [0.15, 0.2) is 0 Å². The lowest BCUT2D eigenvalue weighted by atomic mass is 10.3. The van der Waals surface area contributed by atoms with E-state index in [2.05, 4.69) is 113 Å². The molecule has 224 valence electrons. The molecule has 0 aromatic carbocycles. The summed E-state index contributed by atoms with van der Waals surface area (Å²) in [5.74, 6) is -4.44. The van der Waals surface area contributed by atoms with Gasteiger partial charge in [0.25, 0.3) is 0 Å². The number of rotatable bonds is 3. The number of halogens is 4. The minimum absolute atomic E-state index is 0. The first-order valence-electron chi connectivity index (χ1n) is 10.4. The summed E-state index contributed by atoms with van der Waals surface area (Å²) in [7, 11) is 34.0. The van der Waals surface area contributed by atoms with Crippen LogP contribution in [0.3, 0.4) is 0 Å². The minimum atomic E-state index is -2.28. The van der Waals surface area contributed by atoms with Gasteiger partial charge >= 0.3 is 0 Å². The van der Waals surface area contributed by atoms with Crippen LogP contribution in [0, 0.1) is 0 Å². The van der Waals surface area contributed by atoms with E-state index in [1.807, 2.05) is 0 Å². The van der Waals surface area contributed by atoms with Gasteiger partial charge in [-0.15, -0.1) is 0 Å². The highest BCUT2D eigenvalue weighted by Gasteiger charge is 2.20. The van der Waals surface area contributed by atoms with Crippen LogP contribution in [0.5, 0.6) is 0 Å². The van der Waals surface area contributed by atoms with Gasteiger partial charge in [-0.05, 0) is 12.8 Å². The molecule has 0 rings (SSSR count). The molecule has 0 aliphatic rings. The minimum Gasteiger partial charge on any atom is -1.00 e. The second-order valence-electron chi connectivity index (χ2n) is 12.8. The second-order valence-corrected chi connectivity index (χ2v) is 15.0. The van der Waals surface area contributed by atoms with E-state index in [4.69, 9.17) is 34.8 Å². The first-order valence-corrected chi connectivity index (χ1v) is 11.5. The van der Waals surface area contributed by atoms with Crippen molar-refractivity contribution in [3.05, 3.63) is 0 Å². The van der Waals surface area contributed by atoms with E-state index in [9.17, 15) is 29.7 Å². The summed E-state index contributed by atoms with van der Waals surface area (Å²) in [6.45, 7) is 0. The number of carbonyl (C=O) groups excluding carboxylic acids is 3. The third-order valence-electron chi connectivity index (χ3n) is 0.765. The Balaban J connectivity index is -0.0000000564.